The van der Waals surface area contributed by atoms with Crippen LogP contribution in [0, 0.1) is 13.8 Å². The highest BCUT2D eigenvalue weighted by Gasteiger charge is 2.37. The minimum absolute atomic E-state index is 0.145. The van der Waals surface area contributed by atoms with Crippen LogP contribution in [0.5, 0.6) is 0 Å². The van der Waals surface area contributed by atoms with Gasteiger partial charge in [-0.05, 0) is 99.3 Å². The fourth-order valence-corrected chi connectivity index (χ4v) is 9.59. The van der Waals surface area contributed by atoms with Crippen molar-refractivity contribution in [1.29, 1.82) is 0 Å². The van der Waals surface area contributed by atoms with Crippen LogP contribution in [0.1, 0.15) is 36.1 Å². The number of aryl methyl sites for hydroxylation is 1. The molecule has 8 aromatic carbocycles. The molecule has 3 nitrogen and oxygen atoms in total. The quantitative estimate of drug-likeness (QED) is 0.169. The van der Waals surface area contributed by atoms with Crippen LogP contribution in [0.25, 0.3) is 100 Å². The maximum Gasteiger partial charge on any atom is 0.161 e. The van der Waals surface area contributed by atoms with E-state index in [2.05, 4.69) is 198 Å². The second kappa shape index (κ2) is 13.9. The fourth-order valence-electron chi connectivity index (χ4n) is 9.59. The Bertz CT molecular complexity index is 3330. The predicted octanol–water partition coefficient (Wildman–Crippen LogP) is 15.3. The Labute approximate surface area is 350 Å². The predicted molar refractivity (Wildman–Crippen MR) is 249 cm³/mol. The topological polar surface area (TPSA) is 38.9 Å². The molecule has 1 aliphatic carbocycles. The maximum absolute atomic E-state index is 6.49. The van der Waals surface area contributed by atoms with E-state index in [1.165, 1.54) is 50.1 Å². The number of rotatable bonds is 6. The van der Waals surface area contributed by atoms with E-state index >= 15 is 0 Å². The lowest BCUT2D eigenvalue weighted by atomic mass is 9.82. The molecule has 60 heavy (non-hydrogen) atoms. The van der Waals surface area contributed by atoms with Crippen molar-refractivity contribution in [3.63, 3.8) is 0 Å². The van der Waals surface area contributed by atoms with Crippen LogP contribution in [0.4, 0.5) is 0 Å². The van der Waals surface area contributed by atoms with Gasteiger partial charge in [0, 0.05) is 38.4 Å². The third-order valence-corrected chi connectivity index (χ3v) is 12.7. The maximum atomic E-state index is 6.49. The monoisotopic (exact) mass is 770 g/mol. The van der Waals surface area contributed by atoms with Gasteiger partial charge in [0.15, 0.2) is 5.82 Å². The first-order valence-electron chi connectivity index (χ1n) is 20.7. The number of nitrogens with zero attached hydrogens (tertiary/aromatic N) is 2. The summed E-state index contributed by atoms with van der Waals surface area (Å²) in [5.41, 5.74) is 21.0. The van der Waals surface area contributed by atoms with Crippen molar-refractivity contribution in [2.45, 2.75) is 33.1 Å². The van der Waals surface area contributed by atoms with Crippen LogP contribution >= 0.6 is 0 Å². The fraction of sp³-hybridized carbons (Fsp3) is 0.0877. The molecule has 0 radical (unpaired) electrons. The van der Waals surface area contributed by atoms with E-state index in [0.29, 0.717) is 5.82 Å². The molecule has 2 heterocycles. The Morgan fingerprint density at radius 1 is 0.417 bits per heavy atom. The largest absolute Gasteiger partial charge is 0.455 e. The highest BCUT2D eigenvalue weighted by molar-refractivity contribution is 6.09. The van der Waals surface area contributed by atoms with Crippen molar-refractivity contribution >= 4 is 21.9 Å². The smallest absolute Gasteiger partial charge is 0.161 e. The van der Waals surface area contributed by atoms with Gasteiger partial charge in [0.05, 0.1) is 11.4 Å². The lowest BCUT2D eigenvalue weighted by Crippen LogP contribution is -2.14. The van der Waals surface area contributed by atoms with Crippen LogP contribution in [0.15, 0.2) is 186 Å². The van der Waals surface area contributed by atoms with Gasteiger partial charge in [-0.25, -0.2) is 9.97 Å². The molecule has 0 unspecified atom stereocenters. The molecule has 11 rings (SSSR count). The summed E-state index contributed by atoms with van der Waals surface area (Å²) in [5.74, 6) is 0.708. The van der Waals surface area contributed by atoms with Crippen LogP contribution in [-0.4, -0.2) is 9.97 Å². The highest BCUT2D eigenvalue weighted by Crippen LogP contribution is 2.52. The second-order valence-corrected chi connectivity index (χ2v) is 16.6. The number of hydrogen-bond donors (Lipinski definition) is 0. The van der Waals surface area contributed by atoms with E-state index < -0.39 is 0 Å². The molecule has 0 fully saturated rings. The van der Waals surface area contributed by atoms with Gasteiger partial charge in [-0.1, -0.05) is 172 Å². The first-order chi connectivity index (χ1) is 29.3. The Morgan fingerprint density at radius 2 is 0.950 bits per heavy atom. The first kappa shape index (κ1) is 35.8. The van der Waals surface area contributed by atoms with Crippen molar-refractivity contribution in [3.05, 3.63) is 204 Å². The number of para-hydroxylation sites is 2. The molecule has 0 saturated heterocycles. The number of fused-ring (bicyclic) bond motifs is 6. The summed E-state index contributed by atoms with van der Waals surface area (Å²) in [5, 5.41) is 2.23. The molecule has 2 aromatic heterocycles. The Hall–Kier alpha value is -7.36. The summed E-state index contributed by atoms with van der Waals surface area (Å²) in [6, 6.07) is 65.0. The molecule has 0 atom stereocenters. The van der Waals surface area contributed by atoms with Gasteiger partial charge in [-0.15, -0.1) is 0 Å². The summed E-state index contributed by atoms with van der Waals surface area (Å²) in [4.78, 5) is 10.9. The minimum atomic E-state index is -0.145. The Morgan fingerprint density at radius 3 is 1.73 bits per heavy atom. The van der Waals surface area contributed by atoms with Gasteiger partial charge in [-0.2, -0.15) is 0 Å². The molecule has 0 spiro atoms. The molecule has 1 aliphatic rings. The standard InChI is InChI=1S/C57H42N2O/c1-35-16-5-6-21-41(35)43-25-13-24-42(36(43)2)37-17-11-19-39(32-37)51-34-52(59-56(58-51)48-28-15-30-50-54(48)47-23-7-9-29-49(47)57(50,3)4)40-20-12-18-38(33-40)44-26-14-27-46-45-22-8-10-31-53(45)60-55(44)46/h5-34H,1-4H3. The zero-order valence-electron chi connectivity index (χ0n) is 34.1. The third kappa shape index (κ3) is 5.72. The molecular weight excluding hydrogens is 729 g/mol. The normalized spacial score (nSPS) is 12.8. The molecule has 0 bridgehead atoms. The SMILES string of the molecule is Cc1ccccc1-c1cccc(-c2cccc(-c3cc(-c4cccc(-c5cccc6c5oc5ccccc56)c4)nc(-c4cccc5c4-c4ccccc4C5(C)C)n3)c2)c1C. The van der Waals surface area contributed by atoms with E-state index in [1.807, 2.05) is 12.1 Å². The van der Waals surface area contributed by atoms with Crippen molar-refractivity contribution in [1.82, 2.24) is 9.97 Å². The summed E-state index contributed by atoms with van der Waals surface area (Å²) >= 11 is 0. The lowest BCUT2D eigenvalue weighted by Gasteiger charge is -2.21. The molecule has 0 saturated carbocycles. The average Bonchev–Trinajstić information content (AvgIpc) is 3.79. The van der Waals surface area contributed by atoms with Crippen molar-refractivity contribution in [2.24, 2.45) is 0 Å². The minimum Gasteiger partial charge on any atom is -0.455 e. The summed E-state index contributed by atoms with van der Waals surface area (Å²) in [6.07, 6.45) is 0. The summed E-state index contributed by atoms with van der Waals surface area (Å²) in [6.45, 7) is 9.06. The van der Waals surface area contributed by atoms with E-state index in [0.717, 1.165) is 66.7 Å². The molecule has 0 N–H and O–H groups in total. The van der Waals surface area contributed by atoms with E-state index in [1.54, 1.807) is 0 Å². The van der Waals surface area contributed by atoms with Crippen LogP contribution in [0.2, 0.25) is 0 Å². The number of hydrogen-bond acceptors (Lipinski definition) is 3. The molecule has 286 valence electrons. The first-order valence-corrected chi connectivity index (χ1v) is 20.7. The van der Waals surface area contributed by atoms with Gasteiger partial charge >= 0.3 is 0 Å². The zero-order valence-corrected chi connectivity index (χ0v) is 34.1. The molecule has 0 amide bonds. The van der Waals surface area contributed by atoms with E-state index in [9.17, 15) is 0 Å². The van der Waals surface area contributed by atoms with Crippen molar-refractivity contribution < 1.29 is 4.42 Å². The third-order valence-electron chi connectivity index (χ3n) is 12.7. The van der Waals surface area contributed by atoms with E-state index in [-0.39, 0.29) is 5.41 Å². The average molecular weight is 771 g/mol. The van der Waals surface area contributed by atoms with Gasteiger partial charge in [-0.3, -0.25) is 0 Å². The second-order valence-electron chi connectivity index (χ2n) is 16.6. The number of furan rings is 1. The Kier molecular flexibility index (Phi) is 8.28. The molecule has 3 heteroatoms. The summed E-state index contributed by atoms with van der Waals surface area (Å²) < 4.78 is 6.49. The number of benzene rings is 8. The molecule has 10 aromatic rings. The van der Waals surface area contributed by atoms with Gasteiger partial charge < -0.3 is 4.42 Å². The van der Waals surface area contributed by atoms with Gasteiger partial charge in [0.2, 0.25) is 0 Å². The molecule has 0 aliphatic heterocycles. The van der Waals surface area contributed by atoms with Crippen LogP contribution in [-0.2, 0) is 5.41 Å². The van der Waals surface area contributed by atoms with Crippen LogP contribution in [0.3, 0.4) is 0 Å². The van der Waals surface area contributed by atoms with Crippen molar-refractivity contribution in [2.75, 3.05) is 0 Å². The van der Waals surface area contributed by atoms with Gasteiger partial charge in [0.1, 0.15) is 11.2 Å². The van der Waals surface area contributed by atoms with Crippen LogP contribution < -0.4 is 0 Å². The van der Waals surface area contributed by atoms with Crippen molar-refractivity contribution in [3.8, 4) is 78.4 Å². The Balaban J connectivity index is 1.10. The van der Waals surface area contributed by atoms with E-state index in [4.69, 9.17) is 14.4 Å². The molecular formula is C57H42N2O. The number of aromatic nitrogens is 2. The zero-order chi connectivity index (χ0) is 40.5. The highest BCUT2D eigenvalue weighted by atomic mass is 16.3. The summed E-state index contributed by atoms with van der Waals surface area (Å²) in [7, 11) is 0. The lowest BCUT2D eigenvalue weighted by molar-refractivity contribution is 0.660. The van der Waals surface area contributed by atoms with Gasteiger partial charge in [0.25, 0.3) is 0 Å².